The highest BCUT2D eigenvalue weighted by Gasteiger charge is 2.46. The van der Waals surface area contributed by atoms with Crippen molar-refractivity contribution in [3.63, 3.8) is 0 Å². The van der Waals surface area contributed by atoms with Crippen LogP contribution in [-0.2, 0) is 20.0 Å². The van der Waals surface area contributed by atoms with E-state index in [0.717, 1.165) is 4.13 Å². The van der Waals surface area contributed by atoms with Gasteiger partial charge in [0.25, 0.3) is 0 Å². The molecule has 0 atom stereocenters. The highest BCUT2D eigenvalue weighted by molar-refractivity contribution is 8.13. The average Bonchev–Trinajstić information content (AvgIpc) is 2.33. The fourth-order valence-corrected chi connectivity index (χ4v) is 2.67. The molecule has 0 unspecified atom stereocenters. The number of quaternary nitrogens is 1. The third-order valence-electron chi connectivity index (χ3n) is 2.75. The third kappa shape index (κ3) is 9.03. The van der Waals surface area contributed by atoms with Crippen molar-refractivity contribution in [2.45, 2.75) is 37.7 Å². The Kier molecular flexibility index (Phi) is 9.26. The zero-order valence-corrected chi connectivity index (χ0v) is 15.1. The number of hydrogen-bond donors (Lipinski definition) is 0. The van der Waals surface area contributed by atoms with Gasteiger partial charge in [-0.15, -0.1) is 0 Å². The van der Waals surface area contributed by atoms with Crippen LogP contribution >= 0.6 is 0 Å². The van der Waals surface area contributed by atoms with Crippen LogP contribution in [-0.4, -0.2) is 59.5 Å². The molecule has 0 aliphatic heterocycles. The molecule has 0 spiro atoms. The molecule has 0 aromatic rings. The van der Waals surface area contributed by atoms with Gasteiger partial charge in [0.2, 0.25) is 0 Å². The van der Waals surface area contributed by atoms with Crippen LogP contribution in [0.5, 0.6) is 0 Å². The van der Waals surface area contributed by atoms with Gasteiger partial charge in [-0.3, -0.25) is 0 Å². The van der Waals surface area contributed by atoms with Gasteiger partial charge in [0.15, 0.2) is 20.0 Å². The lowest BCUT2D eigenvalue weighted by Gasteiger charge is -2.27. The molecule has 148 valence electrons. The second-order valence-electron chi connectivity index (χ2n) is 5.25. The van der Waals surface area contributed by atoms with E-state index in [1.165, 1.54) is 30.4 Å². The lowest BCUT2D eigenvalue weighted by molar-refractivity contribution is -0.888. The first-order chi connectivity index (χ1) is 10.3. The van der Waals surface area contributed by atoms with Crippen molar-refractivity contribution in [2.24, 2.45) is 0 Å². The Morgan fingerprint density at radius 3 is 1.38 bits per heavy atom. The predicted octanol–water partition coefficient (Wildman–Crippen LogP) is 2.94. The maximum absolute atomic E-state index is 11.4. The van der Waals surface area contributed by atoms with E-state index < -0.39 is 31.1 Å². The molecule has 6 nitrogen and oxygen atoms in total. The van der Waals surface area contributed by atoms with E-state index in [1.807, 2.05) is 0 Å². The third-order valence-corrected chi connectivity index (χ3v) is 5.49. The quantitative estimate of drug-likeness (QED) is 0.498. The second kappa shape index (κ2) is 8.67. The van der Waals surface area contributed by atoms with Gasteiger partial charge in [-0.25, -0.2) is 16.8 Å². The van der Waals surface area contributed by atoms with Gasteiger partial charge in [0, 0.05) is 0 Å². The minimum absolute atomic E-state index is 0.778. The molecular weight excluding hydrogens is 390 g/mol. The first-order valence-electron chi connectivity index (χ1n) is 6.52. The molecular formula is C10H20F6N2O4S2. The first-order valence-corrected chi connectivity index (χ1v) is 9.40. The molecule has 0 aliphatic rings. The molecule has 0 saturated heterocycles. The topological polar surface area (TPSA) is 82.4 Å². The van der Waals surface area contributed by atoms with Crippen molar-refractivity contribution in [2.75, 3.05) is 27.2 Å². The van der Waals surface area contributed by atoms with Crippen molar-refractivity contribution in [3.8, 4) is 0 Å². The minimum atomic E-state index is -6.72. The van der Waals surface area contributed by atoms with Crippen LogP contribution in [0.25, 0.3) is 4.13 Å². The molecule has 0 amide bonds. The Morgan fingerprint density at radius 1 is 0.833 bits per heavy atom. The van der Waals surface area contributed by atoms with Gasteiger partial charge in [0.1, 0.15) is 0 Å². The van der Waals surface area contributed by atoms with E-state index in [9.17, 15) is 43.2 Å². The highest BCUT2D eigenvalue weighted by Crippen LogP contribution is 2.36. The summed E-state index contributed by atoms with van der Waals surface area (Å²) in [6, 6.07) is 0. The summed E-state index contributed by atoms with van der Waals surface area (Å²) in [5.74, 6) is 0. The lowest BCUT2D eigenvalue weighted by Crippen LogP contribution is -2.39. The van der Waals surface area contributed by atoms with Gasteiger partial charge in [-0.05, 0) is 13.3 Å². The molecule has 0 heterocycles. The number of hydrogen-bond acceptors (Lipinski definition) is 4. The Balaban J connectivity index is 0. The van der Waals surface area contributed by atoms with Crippen LogP contribution in [0.3, 0.4) is 0 Å². The Bertz CT molecular complexity index is 539. The fourth-order valence-electron chi connectivity index (χ4n) is 0.958. The number of unbranched alkanes of at least 4 members (excludes halogenated alkanes) is 1. The average molecular weight is 410 g/mol. The maximum Gasteiger partial charge on any atom is 0.480 e. The molecule has 24 heavy (non-hydrogen) atoms. The normalized spacial score (nSPS) is 14.1. The van der Waals surface area contributed by atoms with Crippen molar-refractivity contribution in [1.82, 2.24) is 0 Å². The van der Waals surface area contributed by atoms with E-state index in [1.54, 1.807) is 0 Å². The van der Waals surface area contributed by atoms with Gasteiger partial charge >= 0.3 is 11.0 Å². The van der Waals surface area contributed by atoms with E-state index in [0.29, 0.717) is 0 Å². The summed E-state index contributed by atoms with van der Waals surface area (Å²) >= 11 is 0. The molecule has 14 heteroatoms. The summed E-state index contributed by atoms with van der Waals surface area (Å²) in [4.78, 5) is 0. The van der Waals surface area contributed by atoms with Crippen LogP contribution in [0, 0.1) is 0 Å². The Morgan fingerprint density at radius 2 is 1.17 bits per heavy atom. The summed E-state index contributed by atoms with van der Waals surface area (Å²) in [5, 5.41) is 0. The standard InChI is InChI=1S/C8H20N.C2F6NO4S2/c1-5-7-8-9(3,4)6-2;3-1(4,5)14(10,11)9-15(12,13)2(6,7)8/h5-8H2,1-4H3;/q+1;-1. The van der Waals surface area contributed by atoms with Crippen molar-refractivity contribution >= 4 is 20.0 Å². The van der Waals surface area contributed by atoms with E-state index in [2.05, 4.69) is 27.9 Å². The summed E-state index contributed by atoms with van der Waals surface area (Å²) in [7, 11) is -8.87. The van der Waals surface area contributed by atoms with Crippen molar-refractivity contribution in [1.29, 1.82) is 0 Å². The molecule has 0 N–H and O–H groups in total. The zero-order chi connectivity index (χ0) is 20.0. The van der Waals surface area contributed by atoms with Gasteiger partial charge in [-0.2, -0.15) is 26.3 Å². The minimum Gasteiger partial charge on any atom is -0.421 e. The number of halogens is 6. The smallest absolute Gasteiger partial charge is 0.421 e. The van der Waals surface area contributed by atoms with Gasteiger partial charge in [-0.1, -0.05) is 13.3 Å². The van der Waals surface area contributed by atoms with Gasteiger partial charge in [0.05, 0.1) is 27.2 Å². The Hall–Kier alpha value is -0.600. The summed E-state index contributed by atoms with van der Waals surface area (Å²) in [6.07, 6.45) is 2.68. The SMILES string of the molecule is CCCC[N+](C)(C)CC.O=S(=O)([N-]S(=O)(=O)C(F)(F)F)C(F)(F)F. The molecule has 0 aromatic carbocycles. The van der Waals surface area contributed by atoms with Crippen LogP contribution in [0.4, 0.5) is 26.3 Å². The number of alkyl halides is 6. The van der Waals surface area contributed by atoms with Crippen LogP contribution in [0.15, 0.2) is 0 Å². The Labute approximate surface area is 137 Å². The fraction of sp³-hybridized carbons (Fsp3) is 1.00. The molecule has 0 fully saturated rings. The number of rotatable bonds is 6. The largest absolute Gasteiger partial charge is 0.480 e. The molecule has 0 bridgehead atoms. The molecule has 0 saturated carbocycles. The summed E-state index contributed by atoms with van der Waals surface area (Å²) in [5.41, 5.74) is -12.4. The molecule has 0 radical (unpaired) electrons. The first kappa shape index (κ1) is 25.6. The van der Waals surface area contributed by atoms with Crippen molar-refractivity contribution in [3.05, 3.63) is 4.13 Å². The highest BCUT2D eigenvalue weighted by atomic mass is 32.3. The monoisotopic (exact) mass is 410 g/mol. The van der Waals surface area contributed by atoms with Gasteiger partial charge < -0.3 is 8.61 Å². The summed E-state index contributed by atoms with van der Waals surface area (Å²) in [6.45, 7) is 7.07. The molecule has 0 aliphatic carbocycles. The zero-order valence-electron chi connectivity index (χ0n) is 13.4. The number of nitrogens with zero attached hydrogens (tertiary/aromatic N) is 2. The molecule has 0 rings (SSSR count). The maximum atomic E-state index is 11.4. The predicted molar refractivity (Wildman–Crippen MR) is 75.7 cm³/mol. The van der Waals surface area contributed by atoms with Crippen LogP contribution < -0.4 is 0 Å². The van der Waals surface area contributed by atoms with E-state index in [-0.39, 0.29) is 0 Å². The van der Waals surface area contributed by atoms with Crippen LogP contribution in [0.1, 0.15) is 26.7 Å². The summed E-state index contributed by atoms with van der Waals surface area (Å²) < 4.78 is 110. The lowest BCUT2D eigenvalue weighted by atomic mass is 10.3. The van der Waals surface area contributed by atoms with Crippen molar-refractivity contribution < 1.29 is 47.7 Å². The molecule has 0 aromatic heterocycles. The second-order valence-corrected chi connectivity index (χ2v) is 8.67. The number of sulfonamides is 2. The van der Waals surface area contributed by atoms with Crippen LogP contribution in [0.2, 0.25) is 0 Å². The van der Waals surface area contributed by atoms with E-state index in [4.69, 9.17) is 0 Å². The van der Waals surface area contributed by atoms with E-state index >= 15 is 0 Å².